The molecule has 2 rings (SSSR count). The highest BCUT2D eigenvalue weighted by atomic mass is 16.5. The van der Waals surface area contributed by atoms with Crippen LogP contribution in [0, 0.1) is 18.3 Å². The van der Waals surface area contributed by atoms with Crippen molar-refractivity contribution in [1.82, 2.24) is 0 Å². The van der Waals surface area contributed by atoms with Crippen molar-refractivity contribution in [2.24, 2.45) is 0 Å². The van der Waals surface area contributed by atoms with Gasteiger partial charge < -0.3 is 15.2 Å². The van der Waals surface area contributed by atoms with Crippen molar-refractivity contribution in [2.75, 3.05) is 12.4 Å². The van der Waals surface area contributed by atoms with E-state index in [0.717, 1.165) is 5.56 Å². The molecule has 0 spiro atoms. The van der Waals surface area contributed by atoms with Gasteiger partial charge in [-0.15, -0.1) is 0 Å². The molecule has 0 saturated carbocycles. The van der Waals surface area contributed by atoms with E-state index in [2.05, 4.69) is 5.32 Å². The number of ether oxygens (including phenoxy) is 1. The van der Waals surface area contributed by atoms with Gasteiger partial charge in [0, 0.05) is 5.69 Å². The number of aryl methyl sites for hydroxylation is 1. The van der Waals surface area contributed by atoms with Crippen molar-refractivity contribution >= 4 is 17.7 Å². The predicted octanol–water partition coefficient (Wildman–Crippen LogP) is 3.25. The van der Waals surface area contributed by atoms with Crippen LogP contribution in [0.15, 0.2) is 48.0 Å². The number of carbonyl (C=O) groups excluding carboxylic acids is 1. The highest BCUT2D eigenvalue weighted by Crippen LogP contribution is 2.27. The Hall–Kier alpha value is -3.26. The summed E-state index contributed by atoms with van der Waals surface area (Å²) in [6.45, 7) is 1.92. The van der Waals surface area contributed by atoms with Gasteiger partial charge in [0.05, 0.1) is 7.11 Å². The molecule has 5 heteroatoms. The second-order valence-corrected chi connectivity index (χ2v) is 4.92. The number of nitriles is 1. The van der Waals surface area contributed by atoms with E-state index in [-0.39, 0.29) is 17.1 Å². The lowest BCUT2D eigenvalue weighted by molar-refractivity contribution is -0.112. The number of carbonyl (C=O) groups is 1. The zero-order chi connectivity index (χ0) is 16.8. The van der Waals surface area contributed by atoms with E-state index in [0.29, 0.717) is 11.3 Å². The van der Waals surface area contributed by atoms with Gasteiger partial charge in [0.2, 0.25) is 0 Å². The Morgan fingerprint density at radius 3 is 2.74 bits per heavy atom. The summed E-state index contributed by atoms with van der Waals surface area (Å²) in [6, 6.07) is 13.8. The number of hydrogen-bond acceptors (Lipinski definition) is 4. The molecule has 0 unspecified atom stereocenters. The molecule has 0 fully saturated rings. The number of methoxy groups -OCH3 is 1. The number of benzene rings is 2. The first kappa shape index (κ1) is 16.1. The van der Waals surface area contributed by atoms with Gasteiger partial charge >= 0.3 is 0 Å². The van der Waals surface area contributed by atoms with Crippen LogP contribution < -0.4 is 10.1 Å². The second kappa shape index (κ2) is 7.14. The predicted molar refractivity (Wildman–Crippen MR) is 88.1 cm³/mol. The molecule has 23 heavy (non-hydrogen) atoms. The van der Waals surface area contributed by atoms with Crippen LogP contribution in [-0.2, 0) is 4.79 Å². The van der Waals surface area contributed by atoms with Gasteiger partial charge in [0.15, 0.2) is 11.5 Å². The van der Waals surface area contributed by atoms with E-state index >= 15 is 0 Å². The first-order valence-corrected chi connectivity index (χ1v) is 6.90. The van der Waals surface area contributed by atoms with Crippen LogP contribution in [-0.4, -0.2) is 18.1 Å². The van der Waals surface area contributed by atoms with E-state index in [9.17, 15) is 15.2 Å². The van der Waals surface area contributed by atoms with Crippen molar-refractivity contribution in [2.45, 2.75) is 6.92 Å². The van der Waals surface area contributed by atoms with E-state index < -0.39 is 5.91 Å². The number of hydrogen-bond donors (Lipinski definition) is 2. The lowest BCUT2D eigenvalue weighted by Crippen LogP contribution is -2.13. The van der Waals surface area contributed by atoms with E-state index in [1.54, 1.807) is 18.2 Å². The lowest BCUT2D eigenvalue weighted by Gasteiger charge is -2.06. The standard InChI is InChI=1S/C18H16N2O3/c1-12-4-3-5-15(8-12)20-18(22)14(11-19)9-13-6-7-16(21)17(10-13)23-2/h3-10,21H,1-2H3,(H,20,22). The van der Waals surface area contributed by atoms with Crippen LogP contribution >= 0.6 is 0 Å². The molecule has 0 aliphatic rings. The molecule has 0 bridgehead atoms. The topological polar surface area (TPSA) is 82.3 Å². The second-order valence-electron chi connectivity index (χ2n) is 4.92. The molecule has 0 radical (unpaired) electrons. The fraction of sp³-hybridized carbons (Fsp3) is 0.111. The minimum absolute atomic E-state index is 0.00706. The molecule has 0 aromatic heterocycles. The van der Waals surface area contributed by atoms with E-state index in [1.165, 1.54) is 19.3 Å². The molecule has 0 saturated heterocycles. The van der Waals surface area contributed by atoms with Crippen molar-refractivity contribution in [3.8, 4) is 17.6 Å². The van der Waals surface area contributed by atoms with Crippen LogP contribution in [0.25, 0.3) is 6.08 Å². The Morgan fingerprint density at radius 1 is 1.30 bits per heavy atom. The molecule has 2 aromatic carbocycles. The van der Waals surface area contributed by atoms with Crippen LogP contribution in [0.5, 0.6) is 11.5 Å². The molecule has 2 aromatic rings. The lowest BCUT2D eigenvalue weighted by atomic mass is 10.1. The molecular weight excluding hydrogens is 292 g/mol. The molecule has 5 nitrogen and oxygen atoms in total. The Kier molecular flexibility index (Phi) is 5.00. The Labute approximate surface area is 134 Å². The summed E-state index contributed by atoms with van der Waals surface area (Å²) in [4.78, 5) is 12.2. The fourth-order valence-corrected chi connectivity index (χ4v) is 2.02. The molecule has 0 aliphatic carbocycles. The molecular formula is C18H16N2O3. The van der Waals surface area contributed by atoms with Crippen molar-refractivity contribution in [3.63, 3.8) is 0 Å². The molecule has 116 valence electrons. The number of rotatable bonds is 4. The maximum atomic E-state index is 12.2. The fourth-order valence-electron chi connectivity index (χ4n) is 2.02. The molecule has 1 amide bonds. The zero-order valence-corrected chi connectivity index (χ0v) is 12.8. The number of nitrogens with one attached hydrogen (secondary N) is 1. The smallest absolute Gasteiger partial charge is 0.266 e. The van der Waals surface area contributed by atoms with E-state index in [1.807, 2.05) is 31.2 Å². The molecule has 0 heterocycles. The highest BCUT2D eigenvalue weighted by Gasteiger charge is 2.10. The molecule has 2 N–H and O–H groups in total. The summed E-state index contributed by atoms with van der Waals surface area (Å²) >= 11 is 0. The number of phenolic OH excluding ortho intramolecular Hbond substituents is 1. The summed E-state index contributed by atoms with van der Waals surface area (Å²) in [5.74, 6) is -0.229. The van der Waals surface area contributed by atoms with Crippen LogP contribution in [0.1, 0.15) is 11.1 Å². The number of nitrogens with zero attached hydrogens (tertiary/aromatic N) is 1. The van der Waals surface area contributed by atoms with Crippen molar-refractivity contribution in [3.05, 3.63) is 59.2 Å². The average Bonchev–Trinajstić information content (AvgIpc) is 2.53. The van der Waals surface area contributed by atoms with Crippen LogP contribution in [0.3, 0.4) is 0 Å². The van der Waals surface area contributed by atoms with Gasteiger partial charge in [-0.1, -0.05) is 18.2 Å². The Bertz CT molecular complexity index is 804. The summed E-state index contributed by atoms with van der Waals surface area (Å²) in [5.41, 5.74) is 2.17. The van der Waals surface area contributed by atoms with Crippen LogP contribution in [0.2, 0.25) is 0 Å². The molecule has 0 aliphatic heterocycles. The number of phenols is 1. The van der Waals surface area contributed by atoms with Gasteiger partial charge in [-0.2, -0.15) is 5.26 Å². The minimum Gasteiger partial charge on any atom is -0.504 e. The zero-order valence-electron chi connectivity index (χ0n) is 12.8. The normalized spacial score (nSPS) is 10.7. The van der Waals surface area contributed by atoms with Gasteiger partial charge in [-0.05, 0) is 48.4 Å². The van der Waals surface area contributed by atoms with Crippen molar-refractivity contribution < 1.29 is 14.6 Å². The van der Waals surface area contributed by atoms with Gasteiger partial charge in [-0.3, -0.25) is 4.79 Å². The number of anilines is 1. The quantitative estimate of drug-likeness (QED) is 0.671. The van der Waals surface area contributed by atoms with E-state index in [4.69, 9.17) is 4.74 Å². The summed E-state index contributed by atoms with van der Waals surface area (Å²) in [5, 5.41) is 21.5. The molecule has 0 atom stereocenters. The van der Waals surface area contributed by atoms with Crippen LogP contribution in [0.4, 0.5) is 5.69 Å². The summed E-state index contributed by atoms with van der Waals surface area (Å²) < 4.78 is 5.01. The third kappa shape index (κ3) is 4.11. The number of amides is 1. The van der Waals surface area contributed by atoms with Gasteiger partial charge in [-0.25, -0.2) is 0 Å². The van der Waals surface area contributed by atoms with Gasteiger partial charge in [0.1, 0.15) is 11.6 Å². The minimum atomic E-state index is -0.495. The average molecular weight is 308 g/mol. The maximum Gasteiger partial charge on any atom is 0.266 e. The monoisotopic (exact) mass is 308 g/mol. The summed E-state index contributed by atoms with van der Waals surface area (Å²) in [6.07, 6.45) is 1.44. The van der Waals surface area contributed by atoms with Crippen molar-refractivity contribution in [1.29, 1.82) is 5.26 Å². The number of aromatic hydroxyl groups is 1. The SMILES string of the molecule is COc1cc(C=C(C#N)C(=O)Nc2cccc(C)c2)ccc1O. The summed E-state index contributed by atoms with van der Waals surface area (Å²) in [7, 11) is 1.43. The largest absolute Gasteiger partial charge is 0.504 e. The third-order valence-electron chi connectivity index (χ3n) is 3.16. The maximum absolute atomic E-state index is 12.2. The Balaban J connectivity index is 2.25. The van der Waals surface area contributed by atoms with Gasteiger partial charge in [0.25, 0.3) is 5.91 Å². The first-order chi connectivity index (χ1) is 11.0. The third-order valence-corrected chi connectivity index (χ3v) is 3.16. The Morgan fingerprint density at radius 2 is 2.09 bits per heavy atom. The first-order valence-electron chi connectivity index (χ1n) is 6.90. The highest BCUT2D eigenvalue weighted by molar-refractivity contribution is 6.09.